The fourth-order valence-corrected chi connectivity index (χ4v) is 3.36. The zero-order chi connectivity index (χ0) is 17.3. The van der Waals surface area contributed by atoms with Gasteiger partial charge in [0.15, 0.2) is 0 Å². The van der Waals surface area contributed by atoms with Gasteiger partial charge in [-0.25, -0.2) is 4.79 Å². The van der Waals surface area contributed by atoms with Crippen molar-refractivity contribution in [1.82, 2.24) is 19.8 Å². The van der Waals surface area contributed by atoms with Crippen molar-refractivity contribution in [1.29, 1.82) is 0 Å². The molecule has 1 aliphatic rings. The quantitative estimate of drug-likeness (QED) is 0.847. The summed E-state index contributed by atoms with van der Waals surface area (Å²) >= 11 is 0. The number of piperazine rings is 1. The Balaban J connectivity index is 1.80. The van der Waals surface area contributed by atoms with E-state index in [1.54, 1.807) is 24.3 Å². The van der Waals surface area contributed by atoms with Crippen molar-refractivity contribution in [3.05, 3.63) is 45.1 Å². The fourth-order valence-electron chi connectivity index (χ4n) is 3.36. The largest absolute Gasteiger partial charge is 0.340 e. The third kappa shape index (κ3) is 3.26. The molecule has 0 unspecified atom stereocenters. The van der Waals surface area contributed by atoms with Crippen LogP contribution in [0, 0.1) is 0 Å². The molecule has 1 saturated heterocycles. The minimum absolute atomic E-state index is 0.0254. The lowest BCUT2D eigenvalue weighted by molar-refractivity contribution is -0.133. The van der Waals surface area contributed by atoms with E-state index in [9.17, 15) is 14.4 Å². The van der Waals surface area contributed by atoms with Crippen molar-refractivity contribution in [3.8, 4) is 0 Å². The van der Waals surface area contributed by atoms with Gasteiger partial charge in [-0.3, -0.25) is 19.1 Å². The Kier molecular flexibility index (Phi) is 4.53. The van der Waals surface area contributed by atoms with Crippen LogP contribution in [0.5, 0.6) is 0 Å². The molecule has 0 spiro atoms. The summed E-state index contributed by atoms with van der Waals surface area (Å²) in [6.45, 7) is 5.70. The highest BCUT2D eigenvalue weighted by atomic mass is 16.2. The molecule has 2 aromatic rings. The number of hydrogen-bond acceptors (Lipinski definition) is 4. The molecule has 7 heteroatoms. The SMILES string of the molecule is C[C@@H]1CN(C(=O)CCn2c(=O)[nH]c(=O)c3ccccc32)C[C@H](C)N1. The number of benzene rings is 1. The number of nitrogens with zero attached hydrogens (tertiary/aromatic N) is 2. The summed E-state index contributed by atoms with van der Waals surface area (Å²) in [6.07, 6.45) is 0.232. The lowest BCUT2D eigenvalue weighted by Crippen LogP contribution is -2.56. The van der Waals surface area contributed by atoms with Crippen molar-refractivity contribution >= 4 is 16.8 Å². The number of rotatable bonds is 3. The zero-order valence-electron chi connectivity index (χ0n) is 13.9. The molecule has 0 bridgehead atoms. The van der Waals surface area contributed by atoms with Crippen LogP contribution >= 0.6 is 0 Å². The highest BCUT2D eigenvalue weighted by Gasteiger charge is 2.24. The summed E-state index contributed by atoms with van der Waals surface area (Å²) in [5, 5.41) is 3.84. The van der Waals surface area contributed by atoms with E-state index in [-0.39, 0.29) is 31.0 Å². The highest BCUT2D eigenvalue weighted by molar-refractivity contribution is 5.79. The lowest BCUT2D eigenvalue weighted by Gasteiger charge is -2.36. The van der Waals surface area contributed by atoms with E-state index in [4.69, 9.17) is 0 Å². The predicted molar refractivity (Wildman–Crippen MR) is 92.1 cm³/mol. The topological polar surface area (TPSA) is 87.2 Å². The molecule has 2 N–H and O–H groups in total. The molecule has 1 amide bonds. The van der Waals surface area contributed by atoms with Crippen LogP contribution < -0.4 is 16.6 Å². The molecule has 24 heavy (non-hydrogen) atoms. The summed E-state index contributed by atoms with van der Waals surface area (Å²) in [5.74, 6) is 0.0254. The van der Waals surface area contributed by atoms with Gasteiger partial charge in [0.2, 0.25) is 5.91 Å². The molecule has 1 aliphatic heterocycles. The fraction of sp³-hybridized carbons (Fsp3) is 0.471. The minimum Gasteiger partial charge on any atom is -0.340 e. The molecule has 0 aliphatic carbocycles. The van der Waals surface area contributed by atoms with E-state index in [0.29, 0.717) is 24.0 Å². The highest BCUT2D eigenvalue weighted by Crippen LogP contribution is 2.09. The number of aromatic nitrogens is 2. The maximum atomic E-state index is 12.5. The number of fused-ring (bicyclic) bond motifs is 1. The number of carbonyl (C=O) groups is 1. The molecule has 128 valence electrons. The molecule has 1 aromatic carbocycles. The van der Waals surface area contributed by atoms with E-state index in [1.807, 2.05) is 4.90 Å². The lowest BCUT2D eigenvalue weighted by atomic mass is 10.1. The first kappa shape index (κ1) is 16.4. The molecule has 2 atom stereocenters. The van der Waals surface area contributed by atoms with Crippen molar-refractivity contribution < 1.29 is 4.79 Å². The Morgan fingerprint density at radius 3 is 2.54 bits per heavy atom. The smallest absolute Gasteiger partial charge is 0.328 e. The summed E-state index contributed by atoms with van der Waals surface area (Å²) in [7, 11) is 0. The predicted octanol–water partition coefficient (Wildman–Crippen LogP) is 0.289. The van der Waals surface area contributed by atoms with Gasteiger partial charge in [-0.15, -0.1) is 0 Å². The van der Waals surface area contributed by atoms with E-state index < -0.39 is 11.2 Å². The summed E-state index contributed by atoms with van der Waals surface area (Å²) in [6, 6.07) is 7.45. The van der Waals surface area contributed by atoms with E-state index in [0.717, 1.165) is 0 Å². The molecule has 1 aromatic heterocycles. The van der Waals surface area contributed by atoms with E-state index >= 15 is 0 Å². The Labute approximate surface area is 139 Å². The van der Waals surface area contributed by atoms with Crippen molar-refractivity contribution in [2.45, 2.75) is 38.9 Å². The summed E-state index contributed by atoms with van der Waals surface area (Å²) < 4.78 is 1.46. The number of nitrogens with one attached hydrogen (secondary N) is 2. The monoisotopic (exact) mass is 330 g/mol. The van der Waals surface area contributed by atoms with Gasteiger partial charge >= 0.3 is 5.69 Å². The molecular weight excluding hydrogens is 308 g/mol. The van der Waals surface area contributed by atoms with E-state index in [2.05, 4.69) is 24.1 Å². The Bertz CT molecular complexity index is 860. The average molecular weight is 330 g/mol. The third-order valence-corrected chi connectivity index (χ3v) is 4.36. The maximum Gasteiger partial charge on any atom is 0.328 e. The van der Waals surface area contributed by atoms with Gasteiger partial charge in [-0.2, -0.15) is 0 Å². The number of amides is 1. The van der Waals surface area contributed by atoms with Crippen LogP contribution in [0.25, 0.3) is 10.9 Å². The van der Waals surface area contributed by atoms with Crippen LogP contribution in [0.15, 0.2) is 33.9 Å². The second kappa shape index (κ2) is 6.60. The Morgan fingerprint density at radius 2 is 1.83 bits per heavy atom. The first-order chi connectivity index (χ1) is 11.5. The summed E-state index contributed by atoms with van der Waals surface area (Å²) in [5.41, 5.74) is -0.322. The Hall–Kier alpha value is -2.41. The second-order valence-corrected chi connectivity index (χ2v) is 6.45. The van der Waals surface area contributed by atoms with Crippen LogP contribution in [0.2, 0.25) is 0 Å². The zero-order valence-corrected chi connectivity index (χ0v) is 13.9. The van der Waals surface area contributed by atoms with Gasteiger partial charge in [-0.05, 0) is 26.0 Å². The number of hydrogen-bond donors (Lipinski definition) is 2. The third-order valence-electron chi connectivity index (χ3n) is 4.36. The number of aryl methyl sites for hydroxylation is 1. The van der Waals surface area contributed by atoms with Crippen LogP contribution in [0.3, 0.4) is 0 Å². The van der Waals surface area contributed by atoms with Crippen molar-refractivity contribution in [3.63, 3.8) is 0 Å². The van der Waals surface area contributed by atoms with Crippen LogP contribution in [-0.2, 0) is 11.3 Å². The normalized spacial score (nSPS) is 21.2. The minimum atomic E-state index is -0.478. The molecular formula is C17H22N4O3. The molecule has 3 rings (SSSR count). The first-order valence-electron chi connectivity index (χ1n) is 8.21. The van der Waals surface area contributed by atoms with Crippen molar-refractivity contribution in [2.75, 3.05) is 13.1 Å². The first-order valence-corrected chi connectivity index (χ1v) is 8.21. The van der Waals surface area contributed by atoms with Gasteiger partial charge < -0.3 is 10.2 Å². The number of para-hydroxylation sites is 1. The molecule has 7 nitrogen and oxygen atoms in total. The molecule has 0 saturated carbocycles. The van der Waals surface area contributed by atoms with Gasteiger partial charge in [0.05, 0.1) is 10.9 Å². The van der Waals surface area contributed by atoms with E-state index in [1.165, 1.54) is 4.57 Å². The van der Waals surface area contributed by atoms with Crippen LogP contribution in [-0.4, -0.2) is 45.5 Å². The van der Waals surface area contributed by atoms with Gasteiger partial charge in [-0.1, -0.05) is 12.1 Å². The number of carbonyl (C=O) groups excluding carboxylic acids is 1. The van der Waals surface area contributed by atoms with Crippen LogP contribution in [0.1, 0.15) is 20.3 Å². The maximum absolute atomic E-state index is 12.5. The molecule has 1 fully saturated rings. The second-order valence-electron chi connectivity index (χ2n) is 6.45. The standard InChI is InChI=1S/C17H22N4O3/c1-11-9-20(10-12(2)18-11)15(22)7-8-21-14-6-4-3-5-13(14)16(23)19-17(21)24/h3-6,11-12,18H,7-10H2,1-2H3,(H,19,23,24)/t11-,12+. The van der Waals surface area contributed by atoms with Gasteiger partial charge in [0.1, 0.15) is 0 Å². The summed E-state index contributed by atoms with van der Waals surface area (Å²) in [4.78, 5) is 40.6. The van der Waals surface area contributed by atoms with Crippen molar-refractivity contribution in [2.24, 2.45) is 0 Å². The molecule has 2 heterocycles. The number of H-pyrrole nitrogens is 1. The number of aromatic amines is 1. The molecule has 0 radical (unpaired) electrons. The van der Waals surface area contributed by atoms with Gasteiger partial charge in [0.25, 0.3) is 5.56 Å². The van der Waals surface area contributed by atoms with Gasteiger partial charge in [0, 0.05) is 38.1 Å². The van der Waals surface area contributed by atoms with Crippen LogP contribution in [0.4, 0.5) is 0 Å². The average Bonchev–Trinajstić information content (AvgIpc) is 2.53. The Morgan fingerprint density at radius 1 is 1.17 bits per heavy atom.